The van der Waals surface area contributed by atoms with E-state index in [9.17, 15) is 5.11 Å². The molecule has 7 nitrogen and oxygen atoms in total. The predicted molar refractivity (Wildman–Crippen MR) is 187 cm³/mol. The van der Waals surface area contributed by atoms with Crippen molar-refractivity contribution in [3.63, 3.8) is 0 Å². The molecule has 2 aliphatic carbocycles. The summed E-state index contributed by atoms with van der Waals surface area (Å²) >= 11 is 0. The molecule has 2 saturated carbocycles. The number of rotatable bonds is 5. The quantitative estimate of drug-likeness (QED) is 0.119. The van der Waals surface area contributed by atoms with E-state index in [1.807, 2.05) is 0 Å². The van der Waals surface area contributed by atoms with Crippen molar-refractivity contribution in [2.75, 3.05) is 6.61 Å². The Morgan fingerprint density at radius 3 is 1.52 bits per heavy atom. The molecule has 0 spiro atoms. The minimum Gasteiger partial charge on any atom is -0.396 e. The van der Waals surface area contributed by atoms with Gasteiger partial charge in [0.05, 0.1) is 18.9 Å². The first kappa shape index (κ1) is 38.8. The van der Waals surface area contributed by atoms with Gasteiger partial charge in [0.15, 0.2) is 0 Å². The van der Waals surface area contributed by atoms with Gasteiger partial charge in [-0.3, -0.25) is 0 Å². The van der Waals surface area contributed by atoms with Crippen LogP contribution in [0.15, 0.2) is 70.9 Å². The molecule has 0 amide bonds. The molecule has 2 aliphatic rings. The van der Waals surface area contributed by atoms with Crippen molar-refractivity contribution >= 4 is 7.85 Å². The van der Waals surface area contributed by atoms with Crippen molar-refractivity contribution in [1.82, 2.24) is 0 Å². The number of aliphatic hydroxyl groups excluding tert-OH is 1. The van der Waals surface area contributed by atoms with Gasteiger partial charge in [-0.25, -0.2) is 0 Å². The van der Waals surface area contributed by atoms with E-state index in [0.29, 0.717) is 5.92 Å². The van der Waals surface area contributed by atoms with Gasteiger partial charge in [-0.2, -0.15) is 0 Å². The Morgan fingerprint density at radius 2 is 1.18 bits per heavy atom. The molecule has 2 radical (unpaired) electrons. The van der Waals surface area contributed by atoms with E-state index in [1.54, 1.807) is 0 Å². The molecular formula is C36H55BN6O. The second kappa shape index (κ2) is 16.8. The van der Waals surface area contributed by atoms with E-state index in [2.05, 4.69) is 125 Å². The zero-order valence-corrected chi connectivity index (χ0v) is 27.5. The first-order valence-corrected chi connectivity index (χ1v) is 15.5. The summed E-state index contributed by atoms with van der Waals surface area (Å²) in [4.78, 5) is 6.23. The number of nitrogens with zero attached hydrogens (tertiary/aromatic N) is 6. The number of azide groups is 2. The molecule has 0 aromatic heterocycles. The molecule has 4 rings (SSSR count). The Morgan fingerprint density at radius 1 is 0.795 bits per heavy atom. The molecule has 1 N–H and O–H groups in total. The SMILES string of the molecule is C.C=C1CCC(N=[N+]=[N-])(c2cccc(C(C)(C)C)c2)CC1.CC(C)(C)c1cccc(C2(N=[N+]=[N-])CCC(CO)CC2)c1.[B]C. The second-order valence-corrected chi connectivity index (χ2v) is 14.0. The third kappa shape index (κ3) is 9.92. The topological polar surface area (TPSA) is 118 Å². The summed E-state index contributed by atoms with van der Waals surface area (Å²) in [6.07, 6.45) is 7.07. The van der Waals surface area contributed by atoms with Crippen LogP contribution in [-0.4, -0.2) is 19.6 Å². The predicted octanol–water partition coefficient (Wildman–Crippen LogP) is 11.1. The van der Waals surface area contributed by atoms with Crippen LogP contribution in [0, 0.1) is 5.92 Å². The minimum absolute atomic E-state index is 0. The number of hydrogen-bond acceptors (Lipinski definition) is 3. The summed E-state index contributed by atoms with van der Waals surface area (Å²) in [5.74, 6) is 0.345. The minimum atomic E-state index is -0.443. The van der Waals surface area contributed by atoms with Crippen molar-refractivity contribution in [3.8, 4) is 0 Å². The maximum atomic E-state index is 9.31. The average Bonchev–Trinajstić information content (AvgIpc) is 3.00. The number of aliphatic hydroxyl groups is 1. The summed E-state index contributed by atoms with van der Waals surface area (Å²) in [6, 6.07) is 17.0. The van der Waals surface area contributed by atoms with E-state index < -0.39 is 11.1 Å². The summed E-state index contributed by atoms with van der Waals surface area (Å²) in [5, 5.41) is 17.7. The lowest BCUT2D eigenvalue weighted by atomic mass is 9.72. The van der Waals surface area contributed by atoms with Crippen molar-refractivity contribution in [2.24, 2.45) is 16.1 Å². The molecule has 2 aromatic rings. The molecule has 0 bridgehead atoms. The van der Waals surface area contributed by atoms with Gasteiger partial charge in [0.2, 0.25) is 0 Å². The van der Waals surface area contributed by atoms with Crippen molar-refractivity contribution in [2.45, 2.75) is 129 Å². The van der Waals surface area contributed by atoms with Crippen molar-refractivity contribution in [1.29, 1.82) is 0 Å². The van der Waals surface area contributed by atoms with E-state index in [4.69, 9.17) is 11.1 Å². The van der Waals surface area contributed by atoms with Crippen molar-refractivity contribution < 1.29 is 5.11 Å². The lowest BCUT2D eigenvalue weighted by Crippen LogP contribution is -2.31. The fraction of sp³-hybridized carbons (Fsp3) is 0.611. The number of benzene rings is 2. The zero-order chi connectivity index (χ0) is 32.3. The summed E-state index contributed by atoms with van der Waals surface area (Å²) in [7, 11) is 4.50. The van der Waals surface area contributed by atoms with Gasteiger partial charge in [-0.05, 0) is 101 Å². The molecule has 0 aliphatic heterocycles. The van der Waals surface area contributed by atoms with E-state index in [0.717, 1.165) is 62.5 Å². The Labute approximate surface area is 268 Å². The van der Waals surface area contributed by atoms with Crippen molar-refractivity contribution in [3.05, 3.63) is 104 Å². The maximum absolute atomic E-state index is 9.31. The molecule has 2 aromatic carbocycles. The van der Waals surface area contributed by atoms with Crippen LogP contribution in [0.25, 0.3) is 20.9 Å². The van der Waals surface area contributed by atoms with Gasteiger partial charge in [0.1, 0.15) is 0 Å². The van der Waals surface area contributed by atoms with E-state index in [-0.39, 0.29) is 24.9 Å². The molecule has 2 fully saturated rings. The first-order valence-electron chi connectivity index (χ1n) is 15.5. The summed E-state index contributed by atoms with van der Waals surface area (Å²) < 4.78 is 0. The van der Waals surface area contributed by atoms with Crippen LogP contribution in [-0.2, 0) is 21.9 Å². The normalized spacial score (nSPS) is 21.0. The van der Waals surface area contributed by atoms with Crippen LogP contribution in [0.1, 0.15) is 123 Å². The highest BCUT2D eigenvalue weighted by Crippen LogP contribution is 2.44. The van der Waals surface area contributed by atoms with Gasteiger partial charge < -0.3 is 5.11 Å². The van der Waals surface area contributed by atoms with Crippen LogP contribution in [0.5, 0.6) is 0 Å². The van der Waals surface area contributed by atoms with Crippen LogP contribution < -0.4 is 0 Å². The van der Waals surface area contributed by atoms with Gasteiger partial charge in [-0.1, -0.05) is 127 Å². The van der Waals surface area contributed by atoms with E-state index in [1.165, 1.54) is 23.5 Å². The Bertz CT molecular complexity index is 1290. The molecule has 0 atom stereocenters. The Kier molecular flexibility index (Phi) is 14.8. The highest BCUT2D eigenvalue weighted by atomic mass is 16.3. The van der Waals surface area contributed by atoms with Gasteiger partial charge in [0, 0.05) is 16.4 Å². The van der Waals surface area contributed by atoms with E-state index >= 15 is 0 Å². The highest BCUT2D eigenvalue weighted by molar-refractivity contribution is 6.05. The molecule has 0 heterocycles. The van der Waals surface area contributed by atoms with Gasteiger partial charge in [0.25, 0.3) is 0 Å². The molecule has 0 saturated heterocycles. The lowest BCUT2D eigenvalue weighted by Gasteiger charge is -2.37. The molecule has 238 valence electrons. The van der Waals surface area contributed by atoms with Crippen LogP contribution in [0.2, 0.25) is 6.82 Å². The Hall–Kier alpha value is -3.18. The average molecular weight is 599 g/mol. The van der Waals surface area contributed by atoms with Crippen LogP contribution in [0.4, 0.5) is 0 Å². The summed E-state index contributed by atoms with van der Waals surface area (Å²) in [6.45, 7) is 19.0. The van der Waals surface area contributed by atoms with Gasteiger partial charge >= 0.3 is 0 Å². The molecule has 8 heteroatoms. The Balaban J connectivity index is 0.000000408. The first-order chi connectivity index (χ1) is 20.3. The van der Waals surface area contributed by atoms with Crippen LogP contribution >= 0.6 is 0 Å². The number of allylic oxidation sites excluding steroid dienone is 1. The monoisotopic (exact) mass is 598 g/mol. The smallest absolute Gasteiger partial charge is 0.0744 e. The largest absolute Gasteiger partial charge is 0.396 e. The molecular weight excluding hydrogens is 543 g/mol. The molecule has 0 unspecified atom stereocenters. The zero-order valence-electron chi connectivity index (χ0n) is 27.5. The van der Waals surface area contributed by atoms with Gasteiger partial charge in [-0.15, -0.1) is 0 Å². The second-order valence-electron chi connectivity index (χ2n) is 14.0. The fourth-order valence-corrected chi connectivity index (χ4v) is 5.97. The van der Waals surface area contributed by atoms with Crippen LogP contribution in [0.3, 0.4) is 0 Å². The third-order valence-corrected chi connectivity index (χ3v) is 8.98. The third-order valence-electron chi connectivity index (χ3n) is 8.98. The fourth-order valence-electron chi connectivity index (χ4n) is 5.97. The summed E-state index contributed by atoms with van der Waals surface area (Å²) in [5.41, 5.74) is 23.4. The highest BCUT2D eigenvalue weighted by Gasteiger charge is 2.37. The standard InChI is InChI=1S/C17H25N3O.C17H23N3.CH3B.CH4/c1-16(2,3)14-5-4-6-15(11-14)17(19-20-18)9-7-13(12-21)8-10-17;1-13-8-10-17(11-9-13,19-20-18)15-7-5-6-14(12-15)16(2,3)4;1-2;/h4-6,11,13,21H,7-10,12H2,1-3H3;5-7,12H,1,8-11H2,2-4H3;1H3;1H4. The number of hydrogen-bond donors (Lipinski definition) is 1. The molecule has 44 heavy (non-hydrogen) atoms. The maximum Gasteiger partial charge on any atom is 0.0744 e. The lowest BCUT2D eigenvalue weighted by molar-refractivity contribution is 0.153.